The maximum Gasteiger partial charge on any atom is 0.262 e. The molecule has 0 saturated heterocycles. The molecule has 0 aliphatic carbocycles. The van der Waals surface area contributed by atoms with E-state index in [-0.39, 0.29) is 12.5 Å². The first-order valence-electron chi connectivity index (χ1n) is 9.59. The maximum absolute atomic E-state index is 11.7. The molecule has 2 heterocycles. The molecule has 1 aromatic heterocycles. The number of rotatable bonds is 5. The molecule has 0 saturated carbocycles. The lowest BCUT2D eigenvalue weighted by atomic mass is 10.1. The number of fused-ring (bicyclic) bond motifs is 1. The largest absolute Gasteiger partial charge is 0.482 e. The van der Waals surface area contributed by atoms with Gasteiger partial charge >= 0.3 is 0 Å². The number of hydrogen-bond donors (Lipinski definition) is 1. The Morgan fingerprint density at radius 3 is 2.79 bits per heavy atom. The summed E-state index contributed by atoms with van der Waals surface area (Å²) >= 11 is 1.54. The Hall–Kier alpha value is -3.19. The van der Waals surface area contributed by atoms with Crippen LogP contribution >= 0.6 is 11.3 Å². The minimum atomic E-state index is -0.150. The van der Waals surface area contributed by atoms with Crippen LogP contribution in [0.3, 0.4) is 0 Å². The normalized spacial score (nSPS) is 14.0. The Kier molecular flexibility index (Phi) is 5.57. The van der Waals surface area contributed by atoms with Crippen molar-refractivity contribution in [3.63, 3.8) is 0 Å². The summed E-state index contributed by atoms with van der Waals surface area (Å²) in [5, 5.41) is 9.59. The van der Waals surface area contributed by atoms with Crippen molar-refractivity contribution in [2.75, 3.05) is 18.5 Å². The highest BCUT2D eigenvalue weighted by Gasteiger charge is 2.17. The maximum atomic E-state index is 11.7. The Bertz CT molecular complexity index is 1130. The van der Waals surface area contributed by atoms with Gasteiger partial charge in [-0.05, 0) is 42.7 Å². The zero-order valence-corrected chi connectivity index (χ0v) is 17.2. The van der Waals surface area contributed by atoms with Crippen molar-refractivity contribution in [1.82, 2.24) is 4.68 Å². The third kappa shape index (κ3) is 4.14. The van der Waals surface area contributed by atoms with Crippen molar-refractivity contribution in [1.29, 1.82) is 0 Å². The predicted molar refractivity (Wildman–Crippen MR) is 117 cm³/mol. The molecule has 7 heteroatoms. The smallest absolute Gasteiger partial charge is 0.262 e. The van der Waals surface area contributed by atoms with Crippen LogP contribution in [0.1, 0.15) is 25.0 Å². The van der Waals surface area contributed by atoms with E-state index in [0.717, 1.165) is 28.0 Å². The second-order valence-corrected chi connectivity index (χ2v) is 7.41. The lowest BCUT2D eigenvalue weighted by Gasteiger charge is -2.18. The van der Waals surface area contributed by atoms with Gasteiger partial charge in [-0.2, -0.15) is 5.10 Å². The van der Waals surface area contributed by atoms with E-state index in [9.17, 15) is 4.79 Å². The summed E-state index contributed by atoms with van der Waals surface area (Å²) in [7, 11) is 0. The Balaban J connectivity index is 1.73. The molecule has 0 spiro atoms. The Labute approximate surface area is 173 Å². The highest BCUT2D eigenvalue weighted by molar-refractivity contribution is 7.07. The lowest BCUT2D eigenvalue weighted by Crippen LogP contribution is -2.25. The molecule has 1 aliphatic rings. The number of nitrogens with zero attached hydrogens (tertiary/aromatic N) is 3. The standard InChI is InChI=1S/C22H22N4O2S/c1-3-15-5-7-16(8-6-15)12-24-26-19(14-29-22(26)23-4-2)17-9-10-20-18(11-17)25-21(27)13-28-20/h5-12,14H,3-4,13H2,1-2H3,(H,25,27). The third-order valence-electron chi connectivity index (χ3n) is 4.60. The van der Waals surface area contributed by atoms with Crippen LogP contribution in [0.2, 0.25) is 0 Å². The predicted octanol–water partition coefficient (Wildman–Crippen LogP) is 3.91. The van der Waals surface area contributed by atoms with Crippen molar-refractivity contribution < 1.29 is 9.53 Å². The van der Waals surface area contributed by atoms with Gasteiger partial charge in [0, 0.05) is 17.5 Å². The van der Waals surface area contributed by atoms with Crippen LogP contribution in [0.5, 0.6) is 5.75 Å². The molecule has 148 valence electrons. The third-order valence-corrected chi connectivity index (χ3v) is 5.45. The van der Waals surface area contributed by atoms with E-state index in [1.165, 1.54) is 16.9 Å². The minimum absolute atomic E-state index is 0.0471. The van der Waals surface area contributed by atoms with Crippen LogP contribution < -0.4 is 14.9 Å². The number of anilines is 1. The zero-order chi connectivity index (χ0) is 20.2. The first-order valence-corrected chi connectivity index (χ1v) is 10.5. The van der Waals surface area contributed by atoms with E-state index in [4.69, 9.17) is 9.84 Å². The van der Waals surface area contributed by atoms with E-state index in [1.54, 1.807) is 0 Å². The molecule has 29 heavy (non-hydrogen) atoms. The molecule has 1 N–H and O–H groups in total. The SMILES string of the molecule is CCN=c1scc(-c2ccc3c(c2)NC(=O)CO3)n1N=Cc1ccc(CC)cc1. The molecule has 0 fully saturated rings. The molecule has 3 aromatic rings. The molecule has 4 rings (SSSR count). The van der Waals surface area contributed by atoms with Crippen molar-refractivity contribution in [3.05, 3.63) is 63.8 Å². The second-order valence-electron chi connectivity index (χ2n) is 6.58. The number of nitrogens with one attached hydrogen (secondary N) is 1. The number of carbonyl (C=O) groups is 1. The molecule has 6 nitrogen and oxygen atoms in total. The summed E-state index contributed by atoms with van der Waals surface area (Å²) in [6.45, 7) is 4.87. The summed E-state index contributed by atoms with van der Waals surface area (Å²) in [5.41, 5.74) is 4.84. The fraction of sp³-hybridized carbons (Fsp3) is 0.227. The van der Waals surface area contributed by atoms with Gasteiger partial charge in [0.15, 0.2) is 6.61 Å². The summed E-state index contributed by atoms with van der Waals surface area (Å²) in [4.78, 5) is 17.0. The molecule has 0 atom stereocenters. The minimum Gasteiger partial charge on any atom is -0.482 e. The number of aromatic nitrogens is 1. The molecule has 1 aliphatic heterocycles. The molecule has 0 unspecified atom stereocenters. The Morgan fingerprint density at radius 2 is 2.03 bits per heavy atom. The van der Waals surface area contributed by atoms with Gasteiger partial charge in [0.1, 0.15) is 5.75 Å². The van der Waals surface area contributed by atoms with E-state index >= 15 is 0 Å². The average Bonchev–Trinajstić information content (AvgIpc) is 3.15. The molecule has 0 bridgehead atoms. The highest BCUT2D eigenvalue weighted by atomic mass is 32.1. The second kappa shape index (κ2) is 8.45. The van der Waals surface area contributed by atoms with Gasteiger partial charge in [0.2, 0.25) is 4.80 Å². The van der Waals surface area contributed by atoms with Gasteiger partial charge < -0.3 is 10.1 Å². The van der Waals surface area contributed by atoms with Gasteiger partial charge in [-0.1, -0.05) is 31.2 Å². The number of hydrogen-bond acceptors (Lipinski definition) is 5. The van der Waals surface area contributed by atoms with Crippen molar-refractivity contribution >= 4 is 29.1 Å². The van der Waals surface area contributed by atoms with Crippen LogP contribution in [-0.4, -0.2) is 29.9 Å². The van der Waals surface area contributed by atoms with Crippen LogP contribution in [-0.2, 0) is 11.2 Å². The number of carbonyl (C=O) groups excluding carboxylic acids is 1. The summed E-state index contributed by atoms with van der Waals surface area (Å²) < 4.78 is 7.30. The number of benzene rings is 2. The van der Waals surface area contributed by atoms with Crippen LogP contribution in [0.4, 0.5) is 5.69 Å². The van der Waals surface area contributed by atoms with E-state index in [0.29, 0.717) is 18.0 Å². The summed E-state index contributed by atoms with van der Waals surface area (Å²) in [6.07, 6.45) is 2.85. The van der Waals surface area contributed by atoms with Crippen LogP contribution in [0.25, 0.3) is 11.3 Å². The topological polar surface area (TPSA) is 68.0 Å². The lowest BCUT2D eigenvalue weighted by molar-refractivity contribution is -0.118. The molecule has 2 aromatic carbocycles. The number of amides is 1. The van der Waals surface area contributed by atoms with Crippen molar-refractivity contribution in [2.24, 2.45) is 10.1 Å². The molecular formula is C22H22N4O2S. The van der Waals surface area contributed by atoms with E-state index in [1.807, 2.05) is 41.4 Å². The van der Waals surface area contributed by atoms with Crippen LogP contribution in [0, 0.1) is 0 Å². The number of ether oxygens (including phenoxy) is 1. The zero-order valence-electron chi connectivity index (χ0n) is 16.4. The molecule has 1 amide bonds. The van der Waals surface area contributed by atoms with Gasteiger partial charge in [-0.25, -0.2) is 4.68 Å². The van der Waals surface area contributed by atoms with Gasteiger partial charge in [0.05, 0.1) is 17.6 Å². The van der Waals surface area contributed by atoms with Gasteiger partial charge in [0.25, 0.3) is 5.91 Å². The number of thiazole rings is 1. The summed E-state index contributed by atoms with van der Waals surface area (Å²) in [6, 6.07) is 14.1. The number of aryl methyl sites for hydroxylation is 1. The van der Waals surface area contributed by atoms with E-state index < -0.39 is 0 Å². The first-order chi connectivity index (χ1) is 14.2. The molecule has 0 radical (unpaired) electrons. The van der Waals surface area contributed by atoms with Crippen molar-refractivity contribution in [2.45, 2.75) is 20.3 Å². The van der Waals surface area contributed by atoms with E-state index in [2.05, 4.69) is 41.5 Å². The van der Waals surface area contributed by atoms with Gasteiger partial charge in [-0.3, -0.25) is 9.79 Å². The Morgan fingerprint density at radius 1 is 1.21 bits per heavy atom. The molecular weight excluding hydrogens is 384 g/mol. The monoisotopic (exact) mass is 406 g/mol. The summed E-state index contributed by atoms with van der Waals surface area (Å²) in [5.74, 6) is 0.524. The van der Waals surface area contributed by atoms with Gasteiger partial charge in [-0.15, -0.1) is 11.3 Å². The van der Waals surface area contributed by atoms with Crippen LogP contribution in [0.15, 0.2) is 57.9 Å². The highest BCUT2D eigenvalue weighted by Crippen LogP contribution is 2.32. The fourth-order valence-electron chi connectivity index (χ4n) is 3.06. The fourth-order valence-corrected chi connectivity index (χ4v) is 3.96. The first kappa shape index (κ1) is 19.1. The van der Waals surface area contributed by atoms with Crippen molar-refractivity contribution in [3.8, 4) is 17.0 Å². The quantitative estimate of drug-likeness (QED) is 0.653. The average molecular weight is 407 g/mol.